The van der Waals surface area contributed by atoms with Gasteiger partial charge in [0.25, 0.3) is 11.8 Å². The maximum absolute atomic E-state index is 13.2. The molecule has 2 aromatic carbocycles. The molecule has 0 radical (unpaired) electrons. The van der Waals surface area contributed by atoms with Crippen molar-refractivity contribution in [1.82, 2.24) is 9.80 Å². The fourth-order valence-corrected chi connectivity index (χ4v) is 3.50. The third-order valence-electron chi connectivity index (χ3n) is 5.52. The first-order valence-electron chi connectivity index (χ1n) is 10.9. The van der Waals surface area contributed by atoms with Crippen LogP contribution in [-0.2, 0) is 0 Å². The summed E-state index contributed by atoms with van der Waals surface area (Å²) in [6.45, 7) is 7.91. The fourth-order valence-electron chi connectivity index (χ4n) is 3.50. The molecule has 2 rings (SSSR count). The van der Waals surface area contributed by atoms with E-state index in [2.05, 4.69) is 12.1 Å². The number of amides is 2. The molecule has 166 valence electrons. The molecule has 2 aromatic rings. The molecule has 0 aliphatic carbocycles. The van der Waals surface area contributed by atoms with Gasteiger partial charge in [-0.05, 0) is 51.0 Å². The van der Waals surface area contributed by atoms with Crippen LogP contribution in [0.4, 0.5) is 0 Å². The topological polar surface area (TPSA) is 88.2 Å². The summed E-state index contributed by atoms with van der Waals surface area (Å²) in [4.78, 5) is 29.4. The van der Waals surface area contributed by atoms with E-state index in [1.807, 2.05) is 52.0 Å². The van der Waals surface area contributed by atoms with Gasteiger partial charge in [0.1, 0.15) is 12.1 Å². The van der Waals surface area contributed by atoms with Crippen molar-refractivity contribution in [3.05, 3.63) is 70.8 Å². The standard InChI is InChI=1S/C26H30N4O2/c1-5-23(17-27)29(25(31)21-11-7-19(3)8-12-21)15-16-30(24(6-2)18-28)26(32)22-13-9-20(4)10-14-22/h7-14,23-24H,5-6,15-16H2,1-4H3. The molecule has 0 fully saturated rings. The van der Waals surface area contributed by atoms with E-state index in [1.165, 1.54) is 9.80 Å². The summed E-state index contributed by atoms with van der Waals surface area (Å²) < 4.78 is 0. The maximum Gasteiger partial charge on any atom is 0.254 e. The molecule has 0 saturated carbocycles. The van der Waals surface area contributed by atoms with Gasteiger partial charge >= 0.3 is 0 Å². The zero-order valence-corrected chi connectivity index (χ0v) is 19.2. The van der Waals surface area contributed by atoms with E-state index in [0.717, 1.165) is 11.1 Å². The van der Waals surface area contributed by atoms with Crippen molar-refractivity contribution in [1.29, 1.82) is 10.5 Å². The van der Waals surface area contributed by atoms with E-state index in [1.54, 1.807) is 24.3 Å². The number of rotatable bonds is 9. The lowest BCUT2D eigenvalue weighted by Gasteiger charge is -2.32. The number of benzene rings is 2. The number of carbonyl (C=O) groups excluding carboxylic acids is 2. The van der Waals surface area contributed by atoms with Crippen LogP contribution in [0.5, 0.6) is 0 Å². The van der Waals surface area contributed by atoms with Crippen molar-refractivity contribution in [3.63, 3.8) is 0 Å². The third kappa shape index (κ3) is 5.95. The van der Waals surface area contributed by atoms with Crippen molar-refractivity contribution in [2.24, 2.45) is 0 Å². The number of hydrogen-bond acceptors (Lipinski definition) is 4. The van der Waals surface area contributed by atoms with Gasteiger partial charge in [0.05, 0.1) is 12.1 Å². The first kappa shape index (κ1) is 24.6. The van der Waals surface area contributed by atoms with Gasteiger partial charge in [-0.25, -0.2) is 0 Å². The second kappa shape index (κ2) is 11.7. The Bertz CT molecular complexity index is 917. The Morgan fingerprint density at radius 2 is 1.03 bits per heavy atom. The normalized spacial score (nSPS) is 12.2. The van der Waals surface area contributed by atoms with E-state index in [4.69, 9.17) is 0 Å². The molecule has 2 atom stereocenters. The molecule has 6 nitrogen and oxygen atoms in total. The average molecular weight is 431 g/mol. The van der Waals surface area contributed by atoms with Crippen LogP contribution in [-0.4, -0.2) is 46.8 Å². The largest absolute Gasteiger partial charge is 0.321 e. The highest BCUT2D eigenvalue weighted by molar-refractivity contribution is 5.95. The van der Waals surface area contributed by atoms with Crippen LogP contribution in [0.1, 0.15) is 58.5 Å². The second-order valence-electron chi connectivity index (χ2n) is 7.84. The van der Waals surface area contributed by atoms with Gasteiger partial charge < -0.3 is 9.80 Å². The smallest absolute Gasteiger partial charge is 0.254 e. The first-order chi connectivity index (χ1) is 15.4. The predicted octanol–water partition coefficient (Wildman–Crippen LogP) is 4.49. The molecule has 0 N–H and O–H groups in total. The van der Waals surface area contributed by atoms with Crippen LogP contribution >= 0.6 is 0 Å². The molecule has 0 aliphatic heterocycles. The molecule has 32 heavy (non-hydrogen) atoms. The Balaban J connectivity index is 2.32. The molecule has 0 spiro atoms. The minimum Gasteiger partial charge on any atom is -0.321 e. The Morgan fingerprint density at radius 1 is 0.719 bits per heavy atom. The Kier molecular flexibility index (Phi) is 8.98. The van der Waals surface area contributed by atoms with E-state index in [-0.39, 0.29) is 24.9 Å². The minimum atomic E-state index is -0.623. The van der Waals surface area contributed by atoms with Crippen molar-refractivity contribution in [2.45, 2.75) is 52.6 Å². The lowest BCUT2D eigenvalue weighted by atomic mass is 10.1. The summed E-state index contributed by atoms with van der Waals surface area (Å²) in [6, 6.07) is 17.6. The van der Waals surface area contributed by atoms with Crippen molar-refractivity contribution in [2.75, 3.05) is 13.1 Å². The zero-order chi connectivity index (χ0) is 23.7. The number of carbonyl (C=O) groups is 2. The highest BCUT2D eigenvalue weighted by Crippen LogP contribution is 2.16. The predicted molar refractivity (Wildman–Crippen MR) is 124 cm³/mol. The van der Waals surface area contributed by atoms with E-state index >= 15 is 0 Å². The summed E-state index contributed by atoms with van der Waals surface area (Å²) >= 11 is 0. The molecule has 0 aliphatic rings. The number of aryl methyl sites for hydroxylation is 2. The highest BCUT2D eigenvalue weighted by atomic mass is 16.2. The van der Waals surface area contributed by atoms with E-state index in [9.17, 15) is 20.1 Å². The lowest BCUT2D eigenvalue weighted by Crippen LogP contribution is -2.48. The number of hydrogen-bond donors (Lipinski definition) is 0. The zero-order valence-electron chi connectivity index (χ0n) is 19.2. The van der Waals surface area contributed by atoms with Gasteiger partial charge in [0.15, 0.2) is 0 Å². The summed E-state index contributed by atoms with van der Waals surface area (Å²) in [5.74, 6) is -0.516. The average Bonchev–Trinajstić information content (AvgIpc) is 2.81. The molecule has 6 heteroatoms. The summed E-state index contributed by atoms with van der Waals surface area (Å²) in [5, 5.41) is 19.3. The summed E-state index contributed by atoms with van der Waals surface area (Å²) in [7, 11) is 0. The molecule has 2 unspecified atom stereocenters. The van der Waals surface area contributed by atoms with E-state index in [0.29, 0.717) is 24.0 Å². The summed E-state index contributed by atoms with van der Waals surface area (Å²) in [5.41, 5.74) is 3.06. The summed E-state index contributed by atoms with van der Waals surface area (Å²) in [6.07, 6.45) is 0.935. The Hall–Kier alpha value is -3.64. The second-order valence-corrected chi connectivity index (χ2v) is 7.84. The van der Waals surface area contributed by atoms with Gasteiger partial charge in [0, 0.05) is 24.2 Å². The quantitative estimate of drug-likeness (QED) is 0.586. The lowest BCUT2D eigenvalue weighted by molar-refractivity contribution is 0.0602. The Morgan fingerprint density at radius 3 is 1.28 bits per heavy atom. The molecule has 0 saturated heterocycles. The highest BCUT2D eigenvalue weighted by Gasteiger charge is 2.28. The SMILES string of the molecule is CCC(C#N)N(CCN(C(=O)c1ccc(C)cc1)C(C#N)CC)C(=O)c1ccc(C)cc1. The molecule has 0 heterocycles. The molecule has 0 aromatic heterocycles. The Labute approximate surface area is 190 Å². The van der Waals surface area contributed by atoms with E-state index < -0.39 is 12.1 Å². The van der Waals surface area contributed by atoms with Gasteiger partial charge in [-0.3, -0.25) is 9.59 Å². The molecular formula is C26H30N4O2. The third-order valence-corrected chi connectivity index (χ3v) is 5.52. The van der Waals surface area contributed by atoms with Crippen molar-refractivity contribution in [3.8, 4) is 12.1 Å². The van der Waals surface area contributed by atoms with Crippen LogP contribution in [0, 0.1) is 36.5 Å². The van der Waals surface area contributed by atoms with Crippen LogP contribution in [0.15, 0.2) is 48.5 Å². The monoisotopic (exact) mass is 430 g/mol. The van der Waals surface area contributed by atoms with Gasteiger partial charge in [0.2, 0.25) is 0 Å². The number of nitriles is 2. The van der Waals surface area contributed by atoms with Gasteiger partial charge in [-0.1, -0.05) is 49.2 Å². The molecule has 0 bridgehead atoms. The van der Waals surface area contributed by atoms with Gasteiger partial charge in [-0.2, -0.15) is 10.5 Å². The molecular weight excluding hydrogens is 400 g/mol. The minimum absolute atomic E-state index is 0.161. The number of nitrogens with zero attached hydrogens (tertiary/aromatic N) is 4. The van der Waals surface area contributed by atoms with Crippen molar-refractivity contribution >= 4 is 11.8 Å². The van der Waals surface area contributed by atoms with Crippen LogP contribution < -0.4 is 0 Å². The fraction of sp³-hybridized carbons (Fsp3) is 0.385. The van der Waals surface area contributed by atoms with Crippen molar-refractivity contribution < 1.29 is 9.59 Å². The van der Waals surface area contributed by atoms with Gasteiger partial charge in [-0.15, -0.1) is 0 Å². The van der Waals surface area contributed by atoms with Crippen LogP contribution in [0.3, 0.4) is 0 Å². The van der Waals surface area contributed by atoms with Crippen LogP contribution in [0.2, 0.25) is 0 Å². The molecule has 2 amide bonds. The van der Waals surface area contributed by atoms with Crippen LogP contribution in [0.25, 0.3) is 0 Å². The maximum atomic E-state index is 13.2. The first-order valence-corrected chi connectivity index (χ1v) is 10.9.